The number of rotatable bonds is 5. The molecule has 106 valence electrons. The number of piperazine rings is 1. The van der Waals surface area contributed by atoms with Crippen LogP contribution in [0.3, 0.4) is 0 Å². The van der Waals surface area contributed by atoms with E-state index in [1.165, 1.54) is 26.2 Å². The molecule has 2 rings (SSSR count). The number of hydrogen-bond donors (Lipinski definition) is 1. The van der Waals surface area contributed by atoms with Gasteiger partial charge in [-0.3, -0.25) is 4.90 Å². The predicted molar refractivity (Wildman–Crippen MR) is 83.1 cm³/mol. The van der Waals surface area contributed by atoms with E-state index in [1.807, 2.05) is 12.1 Å². The highest BCUT2D eigenvalue weighted by molar-refractivity contribution is 9.10. The lowest BCUT2D eigenvalue weighted by molar-refractivity contribution is 0.158. The lowest BCUT2D eigenvalue weighted by Gasteiger charge is -2.32. The van der Waals surface area contributed by atoms with E-state index in [9.17, 15) is 0 Å². The summed E-state index contributed by atoms with van der Waals surface area (Å²) >= 11 is 3.49. The zero-order valence-electron chi connectivity index (χ0n) is 11.7. The lowest BCUT2D eigenvalue weighted by Crippen LogP contribution is -2.45. The molecule has 4 nitrogen and oxygen atoms in total. The zero-order valence-corrected chi connectivity index (χ0v) is 13.2. The minimum atomic E-state index is 0.872. The second-order valence-corrected chi connectivity index (χ2v) is 5.87. The van der Waals surface area contributed by atoms with Gasteiger partial charge in [-0.05, 0) is 19.2 Å². The van der Waals surface area contributed by atoms with Crippen molar-refractivity contribution < 1.29 is 4.74 Å². The van der Waals surface area contributed by atoms with Gasteiger partial charge in [0, 0.05) is 55.5 Å². The van der Waals surface area contributed by atoms with Gasteiger partial charge in [0.25, 0.3) is 0 Å². The Morgan fingerprint density at radius 3 is 2.63 bits per heavy atom. The highest BCUT2D eigenvalue weighted by atomic mass is 79.9. The van der Waals surface area contributed by atoms with Crippen molar-refractivity contribution in [2.45, 2.75) is 0 Å². The van der Waals surface area contributed by atoms with Crippen molar-refractivity contribution in [3.8, 4) is 5.75 Å². The van der Waals surface area contributed by atoms with E-state index < -0.39 is 0 Å². The van der Waals surface area contributed by atoms with E-state index in [1.54, 1.807) is 7.11 Å². The van der Waals surface area contributed by atoms with Gasteiger partial charge in [-0.15, -0.1) is 0 Å². The predicted octanol–water partition coefficient (Wildman–Crippen LogP) is 2.12. The van der Waals surface area contributed by atoms with Crippen LogP contribution < -0.4 is 10.1 Å². The Morgan fingerprint density at radius 2 is 1.95 bits per heavy atom. The quantitative estimate of drug-likeness (QED) is 0.896. The molecule has 5 heteroatoms. The zero-order chi connectivity index (χ0) is 13.7. The summed E-state index contributed by atoms with van der Waals surface area (Å²) < 4.78 is 6.29. The molecule has 0 aromatic heterocycles. The molecule has 0 unspecified atom stereocenters. The van der Waals surface area contributed by atoms with Crippen molar-refractivity contribution in [2.24, 2.45) is 0 Å². The van der Waals surface area contributed by atoms with E-state index in [0.717, 1.165) is 29.0 Å². The number of nitrogens with one attached hydrogen (secondary N) is 1. The molecule has 1 aliphatic heterocycles. The Hall–Kier alpha value is -0.780. The van der Waals surface area contributed by atoms with Gasteiger partial charge in [0.1, 0.15) is 5.75 Å². The van der Waals surface area contributed by atoms with Gasteiger partial charge in [0.05, 0.1) is 7.11 Å². The van der Waals surface area contributed by atoms with Crippen LogP contribution in [0.1, 0.15) is 0 Å². The molecule has 1 heterocycles. The molecule has 0 atom stereocenters. The summed E-state index contributed by atoms with van der Waals surface area (Å²) in [6.07, 6.45) is 0. The van der Waals surface area contributed by atoms with Gasteiger partial charge in [-0.2, -0.15) is 0 Å². The first-order valence-electron chi connectivity index (χ1n) is 6.67. The summed E-state index contributed by atoms with van der Waals surface area (Å²) in [5.74, 6) is 0.872. The van der Waals surface area contributed by atoms with Crippen LogP contribution in [-0.4, -0.2) is 63.2 Å². The normalized spacial score (nSPS) is 17.4. The van der Waals surface area contributed by atoms with Gasteiger partial charge in [0.2, 0.25) is 0 Å². The molecular weight excluding hydrogens is 306 g/mol. The third-order valence-electron chi connectivity index (χ3n) is 3.46. The van der Waals surface area contributed by atoms with Crippen LogP contribution in [0.15, 0.2) is 22.7 Å². The van der Waals surface area contributed by atoms with Crippen molar-refractivity contribution in [3.05, 3.63) is 22.7 Å². The van der Waals surface area contributed by atoms with E-state index in [4.69, 9.17) is 4.74 Å². The van der Waals surface area contributed by atoms with Crippen molar-refractivity contribution >= 4 is 21.6 Å². The number of nitrogens with zero attached hydrogens (tertiary/aromatic N) is 2. The van der Waals surface area contributed by atoms with Gasteiger partial charge in [-0.1, -0.05) is 15.9 Å². The van der Waals surface area contributed by atoms with Crippen LogP contribution in [-0.2, 0) is 0 Å². The first kappa shape index (κ1) is 14.6. The first-order chi connectivity index (χ1) is 9.17. The molecule has 1 aromatic rings. The Labute approximate surface area is 123 Å². The van der Waals surface area contributed by atoms with E-state index >= 15 is 0 Å². The van der Waals surface area contributed by atoms with Crippen LogP contribution in [0.25, 0.3) is 0 Å². The van der Waals surface area contributed by atoms with Gasteiger partial charge in [0.15, 0.2) is 0 Å². The summed E-state index contributed by atoms with van der Waals surface area (Å²) in [5.41, 5.74) is 1.10. The first-order valence-corrected chi connectivity index (χ1v) is 7.46. The number of benzene rings is 1. The summed E-state index contributed by atoms with van der Waals surface area (Å²) in [5, 5.41) is 3.45. The number of hydrogen-bond acceptors (Lipinski definition) is 4. The van der Waals surface area contributed by atoms with Gasteiger partial charge in [-0.25, -0.2) is 0 Å². The maximum Gasteiger partial charge on any atom is 0.122 e. The number of ether oxygens (including phenoxy) is 1. The largest absolute Gasteiger partial charge is 0.497 e. The molecule has 0 bridgehead atoms. The van der Waals surface area contributed by atoms with E-state index in [-0.39, 0.29) is 0 Å². The molecule has 19 heavy (non-hydrogen) atoms. The molecule has 1 N–H and O–H groups in total. The van der Waals surface area contributed by atoms with Crippen molar-refractivity contribution in [3.63, 3.8) is 0 Å². The van der Waals surface area contributed by atoms with Crippen molar-refractivity contribution in [2.75, 3.05) is 58.7 Å². The Balaban J connectivity index is 1.77. The average molecular weight is 328 g/mol. The molecule has 0 amide bonds. The minimum Gasteiger partial charge on any atom is -0.497 e. The molecule has 1 saturated heterocycles. The van der Waals surface area contributed by atoms with Crippen LogP contribution in [0, 0.1) is 0 Å². The number of methoxy groups -OCH3 is 1. The smallest absolute Gasteiger partial charge is 0.122 e. The minimum absolute atomic E-state index is 0.872. The van der Waals surface area contributed by atoms with Gasteiger partial charge >= 0.3 is 0 Å². The molecule has 0 saturated carbocycles. The Bertz CT molecular complexity index is 406. The molecule has 0 spiro atoms. The molecule has 1 fully saturated rings. The van der Waals surface area contributed by atoms with E-state index in [2.05, 4.69) is 44.2 Å². The molecule has 1 aromatic carbocycles. The summed E-state index contributed by atoms with van der Waals surface area (Å²) in [6, 6.07) is 6.06. The van der Waals surface area contributed by atoms with Crippen LogP contribution >= 0.6 is 15.9 Å². The Kier molecular flexibility index (Phi) is 5.48. The highest BCUT2D eigenvalue weighted by Gasteiger charge is 2.12. The monoisotopic (exact) mass is 327 g/mol. The second-order valence-electron chi connectivity index (χ2n) is 4.95. The van der Waals surface area contributed by atoms with Crippen LogP contribution in [0.2, 0.25) is 0 Å². The summed E-state index contributed by atoms with van der Waals surface area (Å²) in [6.45, 7) is 6.72. The fourth-order valence-corrected chi connectivity index (χ4v) is 2.68. The number of likely N-dealkylation sites (N-methyl/N-ethyl adjacent to an activating group) is 1. The Morgan fingerprint density at radius 1 is 1.21 bits per heavy atom. The SMILES string of the molecule is COc1cc(Br)cc(NCCN2CCN(C)CC2)c1. The molecular formula is C14H22BrN3O. The maximum absolute atomic E-state index is 5.26. The van der Waals surface area contributed by atoms with Crippen molar-refractivity contribution in [1.29, 1.82) is 0 Å². The number of halogens is 1. The maximum atomic E-state index is 5.26. The molecule has 1 aliphatic rings. The third-order valence-corrected chi connectivity index (χ3v) is 3.92. The van der Waals surface area contributed by atoms with Crippen LogP contribution in [0.5, 0.6) is 5.75 Å². The second kappa shape index (κ2) is 7.12. The summed E-state index contributed by atoms with van der Waals surface area (Å²) in [7, 11) is 3.87. The topological polar surface area (TPSA) is 27.7 Å². The standard InChI is InChI=1S/C14H22BrN3O/c1-17-5-7-18(8-6-17)4-3-16-13-9-12(15)10-14(11-13)19-2/h9-11,16H,3-8H2,1-2H3. The lowest BCUT2D eigenvalue weighted by atomic mass is 10.3. The summed E-state index contributed by atoms with van der Waals surface area (Å²) in [4.78, 5) is 4.88. The molecule has 0 radical (unpaired) electrons. The van der Waals surface area contributed by atoms with Crippen LogP contribution in [0.4, 0.5) is 5.69 Å². The fraction of sp³-hybridized carbons (Fsp3) is 0.571. The third kappa shape index (κ3) is 4.67. The number of anilines is 1. The van der Waals surface area contributed by atoms with E-state index in [0.29, 0.717) is 0 Å². The molecule has 0 aliphatic carbocycles. The van der Waals surface area contributed by atoms with Crippen molar-refractivity contribution in [1.82, 2.24) is 9.80 Å². The highest BCUT2D eigenvalue weighted by Crippen LogP contribution is 2.24. The van der Waals surface area contributed by atoms with Gasteiger partial charge < -0.3 is 15.0 Å². The fourth-order valence-electron chi connectivity index (χ4n) is 2.21. The average Bonchev–Trinajstić information content (AvgIpc) is 2.40.